The van der Waals surface area contributed by atoms with Crippen molar-refractivity contribution in [1.82, 2.24) is 5.32 Å². The van der Waals surface area contributed by atoms with Gasteiger partial charge in [0.1, 0.15) is 11.6 Å². The van der Waals surface area contributed by atoms with Gasteiger partial charge >= 0.3 is 0 Å². The first kappa shape index (κ1) is 13.8. The number of amides is 1. The average Bonchev–Trinajstić information content (AvgIpc) is 2.46. The zero-order valence-corrected chi connectivity index (χ0v) is 10.5. The van der Waals surface area contributed by atoms with Crippen molar-refractivity contribution in [3.63, 3.8) is 0 Å². The van der Waals surface area contributed by atoms with E-state index in [9.17, 15) is 13.6 Å². The van der Waals surface area contributed by atoms with Gasteiger partial charge in [-0.1, -0.05) is 24.0 Å². The highest BCUT2D eigenvalue weighted by Gasteiger charge is 2.03. The molecule has 0 saturated heterocycles. The van der Waals surface area contributed by atoms with Gasteiger partial charge in [0.15, 0.2) is 0 Å². The van der Waals surface area contributed by atoms with E-state index in [1.54, 1.807) is 18.2 Å². The van der Waals surface area contributed by atoms with E-state index in [2.05, 4.69) is 17.2 Å². The summed E-state index contributed by atoms with van der Waals surface area (Å²) in [5.41, 5.74) is 0.627. The molecule has 0 atom stereocenters. The number of rotatable bonds is 2. The number of carbonyl (C=O) groups excluding carboxylic acids is 1. The van der Waals surface area contributed by atoms with E-state index in [1.165, 1.54) is 30.3 Å². The molecule has 0 bridgehead atoms. The minimum Gasteiger partial charge on any atom is -0.341 e. The summed E-state index contributed by atoms with van der Waals surface area (Å²) in [4.78, 5) is 11.7. The van der Waals surface area contributed by atoms with Crippen molar-refractivity contribution in [2.45, 2.75) is 0 Å². The lowest BCUT2D eigenvalue weighted by Gasteiger charge is -2.00. The van der Waals surface area contributed by atoms with Crippen LogP contribution < -0.4 is 5.32 Å². The molecule has 2 aromatic carbocycles. The number of benzene rings is 2. The van der Waals surface area contributed by atoms with Gasteiger partial charge in [-0.15, -0.1) is 0 Å². The molecule has 20 heavy (non-hydrogen) atoms. The van der Waals surface area contributed by atoms with Gasteiger partial charge in [0.05, 0.1) is 12.1 Å². The first-order chi connectivity index (χ1) is 9.66. The van der Waals surface area contributed by atoms with Crippen molar-refractivity contribution in [3.05, 3.63) is 71.3 Å². The summed E-state index contributed by atoms with van der Waals surface area (Å²) in [6.45, 7) is 0.0878. The van der Waals surface area contributed by atoms with Gasteiger partial charge in [0.25, 0.3) is 5.91 Å². The maximum absolute atomic E-state index is 13.3. The summed E-state index contributed by atoms with van der Waals surface area (Å²) in [6.07, 6.45) is 0. The Morgan fingerprint density at radius 3 is 2.45 bits per heavy atom. The van der Waals surface area contributed by atoms with Gasteiger partial charge in [-0.3, -0.25) is 4.79 Å². The standard InChI is InChI=1S/C16H11F2NO/c17-14-9-7-13(8-10-14)16(20)19-11-3-5-12-4-1-2-6-15(12)18/h1-2,4,6-10H,11H2,(H,19,20). The third-order valence-corrected chi connectivity index (χ3v) is 2.54. The molecule has 0 aliphatic rings. The molecule has 0 saturated carbocycles. The quantitative estimate of drug-likeness (QED) is 0.836. The van der Waals surface area contributed by atoms with Crippen LogP contribution >= 0.6 is 0 Å². The van der Waals surface area contributed by atoms with Gasteiger partial charge in [0.2, 0.25) is 0 Å². The number of hydrogen-bond donors (Lipinski definition) is 1. The molecule has 0 aromatic heterocycles. The van der Waals surface area contributed by atoms with E-state index >= 15 is 0 Å². The Hall–Kier alpha value is -2.67. The lowest BCUT2D eigenvalue weighted by molar-refractivity contribution is 0.0958. The zero-order valence-electron chi connectivity index (χ0n) is 10.5. The van der Waals surface area contributed by atoms with Gasteiger partial charge < -0.3 is 5.32 Å². The molecule has 1 N–H and O–H groups in total. The molecule has 0 unspecified atom stereocenters. The first-order valence-electron chi connectivity index (χ1n) is 5.94. The molecule has 2 nitrogen and oxygen atoms in total. The molecule has 0 aliphatic carbocycles. The highest BCUT2D eigenvalue weighted by Crippen LogP contribution is 2.04. The van der Waals surface area contributed by atoms with Crippen LogP contribution in [0.2, 0.25) is 0 Å². The lowest BCUT2D eigenvalue weighted by Crippen LogP contribution is -2.23. The molecule has 0 aliphatic heterocycles. The van der Waals surface area contributed by atoms with Crippen LogP contribution in [0, 0.1) is 23.5 Å². The van der Waals surface area contributed by atoms with Crippen molar-refractivity contribution in [2.24, 2.45) is 0 Å². The van der Waals surface area contributed by atoms with Crippen LogP contribution in [0.1, 0.15) is 15.9 Å². The molecule has 1 amide bonds. The Morgan fingerprint density at radius 2 is 1.75 bits per heavy atom. The van der Waals surface area contributed by atoms with Crippen LogP contribution in [0.15, 0.2) is 48.5 Å². The van der Waals surface area contributed by atoms with Crippen molar-refractivity contribution >= 4 is 5.91 Å². The highest BCUT2D eigenvalue weighted by molar-refractivity contribution is 5.94. The van der Waals surface area contributed by atoms with E-state index in [1.807, 2.05) is 0 Å². The average molecular weight is 271 g/mol. The van der Waals surface area contributed by atoms with E-state index in [4.69, 9.17) is 0 Å². The number of nitrogens with one attached hydrogen (secondary N) is 1. The Labute approximate surface area is 115 Å². The molecule has 0 fully saturated rings. The monoisotopic (exact) mass is 271 g/mol. The fourth-order valence-electron chi connectivity index (χ4n) is 1.53. The molecule has 0 spiro atoms. The molecule has 4 heteroatoms. The molecule has 100 valence electrons. The van der Waals surface area contributed by atoms with Crippen LogP contribution in [0.25, 0.3) is 0 Å². The number of halogens is 2. The second-order valence-electron chi connectivity index (χ2n) is 3.97. The van der Waals surface area contributed by atoms with Gasteiger partial charge in [-0.2, -0.15) is 0 Å². The minimum absolute atomic E-state index is 0.0878. The van der Waals surface area contributed by atoms with Crippen LogP contribution in [0.4, 0.5) is 8.78 Å². The predicted octanol–water partition coefficient (Wildman–Crippen LogP) is 2.75. The lowest BCUT2D eigenvalue weighted by atomic mass is 10.2. The van der Waals surface area contributed by atoms with E-state index in [-0.39, 0.29) is 18.0 Å². The van der Waals surface area contributed by atoms with E-state index < -0.39 is 11.6 Å². The molecule has 2 aromatic rings. The fraction of sp³-hybridized carbons (Fsp3) is 0.0625. The van der Waals surface area contributed by atoms with Crippen molar-refractivity contribution < 1.29 is 13.6 Å². The summed E-state index contributed by atoms with van der Waals surface area (Å²) in [5.74, 6) is 4.13. The maximum atomic E-state index is 13.3. The normalized spacial score (nSPS) is 9.50. The molecule has 2 rings (SSSR count). The topological polar surface area (TPSA) is 29.1 Å². The number of carbonyl (C=O) groups is 1. The number of hydrogen-bond acceptors (Lipinski definition) is 1. The van der Waals surface area contributed by atoms with Crippen molar-refractivity contribution in [2.75, 3.05) is 6.54 Å². The second kappa shape index (κ2) is 6.48. The molecule has 0 heterocycles. The molecule has 0 radical (unpaired) electrons. The zero-order chi connectivity index (χ0) is 14.4. The summed E-state index contributed by atoms with van der Waals surface area (Å²) >= 11 is 0. The van der Waals surface area contributed by atoms with Gasteiger partial charge in [-0.25, -0.2) is 8.78 Å². The van der Waals surface area contributed by atoms with E-state index in [0.717, 1.165) is 0 Å². The summed E-state index contributed by atoms with van der Waals surface area (Å²) in [5, 5.41) is 2.55. The molecular weight excluding hydrogens is 260 g/mol. The Balaban J connectivity index is 1.92. The SMILES string of the molecule is O=C(NCC#Cc1ccccc1F)c1ccc(F)cc1. The van der Waals surface area contributed by atoms with Gasteiger partial charge in [-0.05, 0) is 36.4 Å². The Morgan fingerprint density at radius 1 is 1.05 bits per heavy atom. The van der Waals surface area contributed by atoms with Crippen LogP contribution in [0.3, 0.4) is 0 Å². The third-order valence-electron chi connectivity index (χ3n) is 2.54. The maximum Gasteiger partial charge on any atom is 0.252 e. The van der Waals surface area contributed by atoms with Crippen molar-refractivity contribution in [3.8, 4) is 11.8 Å². The minimum atomic E-state index is -0.402. The fourth-order valence-corrected chi connectivity index (χ4v) is 1.53. The Bertz CT molecular complexity index is 669. The predicted molar refractivity (Wildman–Crippen MR) is 72.0 cm³/mol. The van der Waals surface area contributed by atoms with Crippen molar-refractivity contribution in [1.29, 1.82) is 0 Å². The largest absolute Gasteiger partial charge is 0.341 e. The molecular formula is C16H11F2NO. The summed E-state index contributed by atoms with van der Waals surface area (Å²) < 4.78 is 25.9. The van der Waals surface area contributed by atoms with Crippen LogP contribution in [-0.4, -0.2) is 12.5 Å². The summed E-state index contributed by atoms with van der Waals surface area (Å²) in [6, 6.07) is 11.3. The smallest absolute Gasteiger partial charge is 0.252 e. The van der Waals surface area contributed by atoms with E-state index in [0.29, 0.717) is 5.56 Å². The Kier molecular flexibility index (Phi) is 4.46. The highest BCUT2D eigenvalue weighted by atomic mass is 19.1. The third kappa shape index (κ3) is 3.66. The van der Waals surface area contributed by atoms with Crippen LogP contribution in [0.5, 0.6) is 0 Å². The van der Waals surface area contributed by atoms with Gasteiger partial charge in [0, 0.05) is 5.56 Å². The first-order valence-corrected chi connectivity index (χ1v) is 5.94. The second-order valence-corrected chi connectivity index (χ2v) is 3.97. The summed E-state index contributed by atoms with van der Waals surface area (Å²) in [7, 11) is 0. The van der Waals surface area contributed by atoms with Crippen LogP contribution in [-0.2, 0) is 0 Å².